The first-order valence-corrected chi connectivity index (χ1v) is 7.92. The van der Waals surface area contributed by atoms with E-state index < -0.39 is 0 Å². The molecule has 0 atom stereocenters. The number of anilines is 1. The van der Waals surface area contributed by atoms with Crippen LogP contribution in [0.4, 0.5) is 5.13 Å². The second-order valence-electron chi connectivity index (χ2n) is 5.16. The summed E-state index contributed by atoms with van der Waals surface area (Å²) >= 11 is 1.75. The minimum Gasteiger partial charge on any atom is -0.362 e. The number of nitrogens with zero attached hydrogens (tertiary/aromatic N) is 2. The molecule has 3 nitrogen and oxygen atoms in total. The summed E-state index contributed by atoms with van der Waals surface area (Å²) in [5.41, 5.74) is 2.75. The lowest BCUT2D eigenvalue weighted by Gasteiger charge is -2.16. The minimum atomic E-state index is 0.944. The molecule has 0 saturated carbocycles. The van der Waals surface area contributed by atoms with Crippen molar-refractivity contribution in [2.24, 2.45) is 0 Å². The molecule has 4 heteroatoms. The SMILES string of the molecule is CCCNc1ncc(CN(C)Cc2ccccc2C)s1. The first-order chi connectivity index (χ1) is 9.69. The van der Waals surface area contributed by atoms with Crippen molar-refractivity contribution >= 4 is 16.5 Å². The van der Waals surface area contributed by atoms with Gasteiger partial charge < -0.3 is 5.32 Å². The average Bonchev–Trinajstić information content (AvgIpc) is 2.86. The van der Waals surface area contributed by atoms with Crippen molar-refractivity contribution in [2.75, 3.05) is 18.9 Å². The van der Waals surface area contributed by atoms with Gasteiger partial charge in [-0.3, -0.25) is 4.90 Å². The van der Waals surface area contributed by atoms with Crippen LogP contribution in [-0.4, -0.2) is 23.5 Å². The molecule has 1 aromatic carbocycles. The lowest BCUT2D eigenvalue weighted by Crippen LogP contribution is -2.17. The third-order valence-electron chi connectivity index (χ3n) is 3.21. The minimum absolute atomic E-state index is 0.944. The second-order valence-corrected chi connectivity index (χ2v) is 6.27. The van der Waals surface area contributed by atoms with Crippen LogP contribution in [0.1, 0.15) is 29.3 Å². The van der Waals surface area contributed by atoms with E-state index in [1.807, 2.05) is 6.20 Å². The van der Waals surface area contributed by atoms with Gasteiger partial charge >= 0.3 is 0 Å². The maximum absolute atomic E-state index is 4.41. The number of benzene rings is 1. The van der Waals surface area contributed by atoms with Gasteiger partial charge in [-0.15, -0.1) is 11.3 Å². The third-order valence-corrected chi connectivity index (χ3v) is 4.15. The van der Waals surface area contributed by atoms with Gasteiger partial charge in [0.25, 0.3) is 0 Å². The molecule has 0 spiro atoms. The van der Waals surface area contributed by atoms with E-state index in [1.165, 1.54) is 16.0 Å². The highest BCUT2D eigenvalue weighted by atomic mass is 32.1. The second kappa shape index (κ2) is 7.41. The van der Waals surface area contributed by atoms with Crippen molar-refractivity contribution < 1.29 is 0 Å². The molecular formula is C16H23N3S. The number of aryl methyl sites for hydroxylation is 1. The van der Waals surface area contributed by atoms with Gasteiger partial charge in [0.1, 0.15) is 0 Å². The van der Waals surface area contributed by atoms with E-state index >= 15 is 0 Å². The van der Waals surface area contributed by atoms with Crippen LogP contribution in [0.25, 0.3) is 0 Å². The summed E-state index contributed by atoms with van der Waals surface area (Å²) in [6, 6.07) is 8.57. The summed E-state index contributed by atoms with van der Waals surface area (Å²) < 4.78 is 0. The van der Waals surface area contributed by atoms with Gasteiger partial charge in [-0.1, -0.05) is 31.2 Å². The molecule has 20 heavy (non-hydrogen) atoms. The van der Waals surface area contributed by atoms with Gasteiger partial charge in [-0.2, -0.15) is 0 Å². The van der Waals surface area contributed by atoms with Crippen LogP contribution >= 0.6 is 11.3 Å². The smallest absolute Gasteiger partial charge is 0.182 e. The molecule has 0 amide bonds. The number of nitrogens with one attached hydrogen (secondary N) is 1. The summed E-state index contributed by atoms with van der Waals surface area (Å²) in [6.45, 7) is 7.24. The van der Waals surface area contributed by atoms with E-state index in [0.29, 0.717) is 0 Å². The Morgan fingerprint density at radius 1 is 1.25 bits per heavy atom. The Morgan fingerprint density at radius 2 is 2.05 bits per heavy atom. The van der Waals surface area contributed by atoms with Crippen LogP contribution in [0.3, 0.4) is 0 Å². The Bertz CT molecular complexity index is 536. The molecule has 108 valence electrons. The lowest BCUT2D eigenvalue weighted by molar-refractivity contribution is 0.321. The first-order valence-electron chi connectivity index (χ1n) is 7.10. The molecular weight excluding hydrogens is 266 g/mol. The molecule has 0 saturated heterocycles. The molecule has 2 aromatic rings. The topological polar surface area (TPSA) is 28.2 Å². The van der Waals surface area contributed by atoms with Crippen LogP contribution in [-0.2, 0) is 13.1 Å². The summed E-state index contributed by atoms with van der Waals surface area (Å²) in [5.74, 6) is 0. The highest BCUT2D eigenvalue weighted by molar-refractivity contribution is 7.15. The van der Waals surface area contributed by atoms with Crippen LogP contribution in [0.5, 0.6) is 0 Å². The predicted octanol–water partition coefficient (Wildman–Crippen LogP) is 3.91. The van der Waals surface area contributed by atoms with Crippen LogP contribution in [0.15, 0.2) is 30.5 Å². The Morgan fingerprint density at radius 3 is 2.80 bits per heavy atom. The number of hydrogen-bond acceptors (Lipinski definition) is 4. The van der Waals surface area contributed by atoms with Crippen LogP contribution < -0.4 is 5.32 Å². The van der Waals surface area contributed by atoms with Gasteiger partial charge in [-0.05, 0) is 31.5 Å². The molecule has 0 radical (unpaired) electrons. The van der Waals surface area contributed by atoms with E-state index in [1.54, 1.807) is 11.3 Å². The van der Waals surface area contributed by atoms with E-state index in [-0.39, 0.29) is 0 Å². The van der Waals surface area contributed by atoms with Crippen molar-refractivity contribution in [3.63, 3.8) is 0 Å². The molecule has 1 heterocycles. The fraction of sp³-hybridized carbons (Fsp3) is 0.438. The Labute approximate surface area is 125 Å². The van der Waals surface area contributed by atoms with E-state index in [9.17, 15) is 0 Å². The molecule has 0 aliphatic heterocycles. The van der Waals surface area contributed by atoms with Crippen molar-refractivity contribution in [1.29, 1.82) is 0 Å². The average molecular weight is 289 g/mol. The largest absolute Gasteiger partial charge is 0.362 e. The molecule has 1 aromatic heterocycles. The zero-order valence-electron chi connectivity index (χ0n) is 12.5. The van der Waals surface area contributed by atoms with Crippen LogP contribution in [0.2, 0.25) is 0 Å². The number of aromatic nitrogens is 1. The van der Waals surface area contributed by atoms with Gasteiger partial charge in [0.15, 0.2) is 5.13 Å². The summed E-state index contributed by atoms with van der Waals surface area (Å²) in [5, 5.41) is 4.37. The first kappa shape index (κ1) is 15.0. The third kappa shape index (κ3) is 4.32. The van der Waals surface area contributed by atoms with Gasteiger partial charge in [0.05, 0.1) is 0 Å². The number of thiazole rings is 1. The van der Waals surface area contributed by atoms with Crippen molar-refractivity contribution in [1.82, 2.24) is 9.88 Å². The predicted molar refractivity (Wildman–Crippen MR) is 87.2 cm³/mol. The standard InChI is InChI=1S/C16H23N3S/c1-4-9-17-16-18-10-15(20-16)12-19(3)11-14-8-6-5-7-13(14)2/h5-8,10H,4,9,11-12H2,1-3H3,(H,17,18). The maximum atomic E-state index is 4.41. The van der Waals surface area contributed by atoms with Gasteiger partial charge in [0.2, 0.25) is 0 Å². The molecule has 0 aliphatic rings. The molecule has 0 bridgehead atoms. The Hall–Kier alpha value is -1.39. The highest BCUT2D eigenvalue weighted by Gasteiger charge is 2.07. The van der Waals surface area contributed by atoms with E-state index in [2.05, 4.69) is 60.4 Å². The van der Waals surface area contributed by atoms with Crippen molar-refractivity contribution in [2.45, 2.75) is 33.4 Å². The zero-order valence-corrected chi connectivity index (χ0v) is 13.3. The monoisotopic (exact) mass is 289 g/mol. The van der Waals surface area contributed by atoms with E-state index in [0.717, 1.165) is 31.2 Å². The lowest BCUT2D eigenvalue weighted by atomic mass is 10.1. The van der Waals surface area contributed by atoms with Crippen LogP contribution in [0, 0.1) is 6.92 Å². The molecule has 0 fully saturated rings. The summed E-state index contributed by atoms with van der Waals surface area (Å²) in [6.07, 6.45) is 3.11. The molecule has 0 unspecified atom stereocenters. The quantitative estimate of drug-likeness (QED) is 0.837. The molecule has 2 rings (SSSR count). The normalized spacial score (nSPS) is 11.0. The van der Waals surface area contributed by atoms with Crippen molar-refractivity contribution in [3.05, 3.63) is 46.5 Å². The molecule has 0 aliphatic carbocycles. The summed E-state index contributed by atoms with van der Waals surface area (Å²) in [4.78, 5) is 8.05. The highest BCUT2D eigenvalue weighted by Crippen LogP contribution is 2.20. The fourth-order valence-electron chi connectivity index (χ4n) is 2.09. The summed E-state index contributed by atoms with van der Waals surface area (Å²) in [7, 11) is 2.16. The number of rotatable bonds is 7. The van der Waals surface area contributed by atoms with E-state index in [4.69, 9.17) is 0 Å². The van der Waals surface area contributed by atoms with Gasteiger partial charge in [-0.25, -0.2) is 4.98 Å². The zero-order chi connectivity index (χ0) is 14.4. The Kier molecular flexibility index (Phi) is 5.56. The maximum Gasteiger partial charge on any atom is 0.182 e. The van der Waals surface area contributed by atoms with Gasteiger partial charge in [0, 0.05) is 30.7 Å². The molecule has 1 N–H and O–H groups in total. The Balaban J connectivity index is 1.89. The fourth-order valence-corrected chi connectivity index (χ4v) is 3.01. The van der Waals surface area contributed by atoms with Crippen molar-refractivity contribution in [3.8, 4) is 0 Å². The number of hydrogen-bond donors (Lipinski definition) is 1.